The summed E-state index contributed by atoms with van der Waals surface area (Å²) in [7, 11) is 0. The summed E-state index contributed by atoms with van der Waals surface area (Å²) in [5.74, 6) is 0.713. The zero-order valence-corrected chi connectivity index (χ0v) is 17.0. The van der Waals surface area contributed by atoms with Crippen molar-refractivity contribution in [3.63, 3.8) is 0 Å². The summed E-state index contributed by atoms with van der Waals surface area (Å²) in [4.78, 5) is 0. The fourth-order valence-corrected chi connectivity index (χ4v) is 3.75. The molecule has 3 N–H and O–H groups in total. The molecular weight excluding hydrogens is 348 g/mol. The first-order valence-corrected chi connectivity index (χ1v) is 9.60. The molecule has 3 heteroatoms. The van der Waals surface area contributed by atoms with Crippen molar-refractivity contribution in [2.45, 2.75) is 46.0 Å². The first-order valence-electron chi connectivity index (χ1n) is 9.60. The second-order valence-corrected chi connectivity index (χ2v) is 8.21. The van der Waals surface area contributed by atoms with Crippen LogP contribution in [-0.2, 0) is 11.8 Å². The SMILES string of the molecule is Cc1cc(CCC(C)(C)c2cc(O)c(-c3ccccc3)cc2O)cc(C)c1O. The molecule has 0 spiro atoms. The number of hydrogen-bond acceptors (Lipinski definition) is 3. The van der Waals surface area contributed by atoms with Crippen molar-refractivity contribution in [1.29, 1.82) is 0 Å². The van der Waals surface area contributed by atoms with Gasteiger partial charge in [-0.25, -0.2) is 0 Å². The third kappa shape index (κ3) is 3.99. The molecule has 0 saturated heterocycles. The quantitative estimate of drug-likeness (QED) is 0.479. The third-order valence-electron chi connectivity index (χ3n) is 5.52. The van der Waals surface area contributed by atoms with Crippen LogP contribution in [0.1, 0.15) is 42.5 Å². The highest BCUT2D eigenvalue weighted by atomic mass is 16.3. The lowest BCUT2D eigenvalue weighted by Gasteiger charge is -2.27. The van der Waals surface area contributed by atoms with E-state index in [4.69, 9.17) is 0 Å². The molecule has 0 radical (unpaired) electrons. The Morgan fingerprint density at radius 2 is 1.39 bits per heavy atom. The highest BCUT2D eigenvalue weighted by Gasteiger charge is 2.26. The second kappa shape index (κ2) is 7.59. The minimum Gasteiger partial charge on any atom is -0.508 e. The predicted octanol–water partition coefficient (Wildman–Crippen LogP) is 6.00. The maximum Gasteiger partial charge on any atom is 0.123 e. The monoisotopic (exact) mass is 376 g/mol. The molecule has 0 unspecified atom stereocenters. The number of benzene rings is 3. The van der Waals surface area contributed by atoms with Gasteiger partial charge >= 0.3 is 0 Å². The molecule has 3 nitrogen and oxygen atoms in total. The summed E-state index contributed by atoms with van der Waals surface area (Å²) in [5.41, 5.74) is 4.82. The van der Waals surface area contributed by atoms with Crippen LogP contribution < -0.4 is 0 Å². The van der Waals surface area contributed by atoms with Crippen LogP contribution in [0.5, 0.6) is 17.2 Å². The lowest BCUT2D eigenvalue weighted by molar-refractivity contribution is 0.412. The summed E-state index contributed by atoms with van der Waals surface area (Å²) in [5, 5.41) is 31.2. The van der Waals surface area contributed by atoms with Crippen molar-refractivity contribution in [3.05, 3.63) is 76.9 Å². The minimum absolute atomic E-state index is 0.170. The Morgan fingerprint density at radius 1 is 0.786 bits per heavy atom. The van der Waals surface area contributed by atoms with Gasteiger partial charge in [-0.15, -0.1) is 0 Å². The smallest absolute Gasteiger partial charge is 0.123 e. The first-order chi connectivity index (χ1) is 13.2. The summed E-state index contributed by atoms with van der Waals surface area (Å²) in [6.07, 6.45) is 1.62. The van der Waals surface area contributed by atoms with E-state index in [1.54, 1.807) is 12.1 Å². The number of aromatic hydroxyl groups is 3. The number of phenols is 3. The van der Waals surface area contributed by atoms with Gasteiger partial charge in [0, 0.05) is 11.1 Å². The molecule has 0 bridgehead atoms. The topological polar surface area (TPSA) is 60.7 Å². The van der Waals surface area contributed by atoms with Crippen molar-refractivity contribution in [1.82, 2.24) is 0 Å². The number of aryl methyl sites for hydroxylation is 3. The van der Waals surface area contributed by atoms with E-state index in [1.807, 2.05) is 56.3 Å². The van der Waals surface area contributed by atoms with E-state index < -0.39 is 0 Å². The van der Waals surface area contributed by atoms with Gasteiger partial charge in [0.05, 0.1) is 0 Å². The lowest BCUT2D eigenvalue weighted by Crippen LogP contribution is -2.18. The summed E-state index contributed by atoms with van der Waals surface area (Å²) in [6, 6.07) is 16.9. The van der Waals surface area contributed by atoms with Gasteiger partial charge in [0.2, 0.25) is 0 Å². The Kier molecular flexibility index (Phi) is 5.37. The summed E-state index contributed by atoms with van der Waals surface area (Å²) in [6.45, 7) is 7.96. The molecule has 0 heterocycles. The van der Waals surface area contributed by atoms with Gasteiger partial charge in [-0.2, -0.15) is 0 Å². The third-order valence-corrected chi connectivity index (χ3v) is 5.52. The highest BCUT2D eigenvalue weighted by Crippen LogP contribution is 2.41. The molecule has 0 aliphatic carbocycles. The second-order valence-electron chi connectivity index (χ2n) is 8.21. The van der Waals surface area contributed by atoms with Crippen molar-refractivity contribution >= 4 is 0 Å². The van der Waals surface area contributed by atoms with Gasteiger partial charge in [-0.05, 0) is 66.5 Å². The fourth-order valence-electron chi connectivity index (χ4n) is 3.75. The van der Waals surface area contributed by atoms with Crippen LogP contribution in [0.4, 0.5) is 0 Å². The molecule has 3 rings (SSSR count). The van der Waals surface area contributed by atoms with E-state index in [-0.39, 0.29) is 16.9 Å². The minimum atomic E-state index is -0.323. The van der Waals surface area contributed by atoms with E-state index in [0.717, 1.165) is 40.7 Å². The average molecular weight is 376 g/mol. The van der Waals surface area contributed by atoms with E-state index in [0.29, 0.717) is 11.3 Å². The Morgan fingerprint density at radius 3 is 2.00 bits per heavy atom. The first kappa shape index (κ1) is 19.8. The van der Waals surface area contributed by atoms with Crippen molar-refractivity contribution < 1.29 is 15.3 Å². The molecule has 28 heavy (non-hydrogen) atoms. The van der Waals surface area contributed by atoms with Crippen LogP contribution in [0.2, 0.25) is 0 Å². The molecule has 0 atom stereocenters. The molecule has 3 aromatic carbocycles. The van der Waals surface area contributed by atoms with E-state index in [2.05, 4.69) is 13.8 Å². The molecule has 0 aliphatic rings. The Hall–Kier alpha value is -2.94. The van der Waals surface area contributed by atoms with Crippen LogP contribution in [0.3, 0.4) is 0 Å². The van der Waals surface area contributed by atoms with Crippen molar-refractivity contribution in [2.75, 3.05) is 0 Å². The molecule has 0 aromatic heterocycles. The van der Waals surface area contributed by atoms with Crippen LogP contribution in [-0.4, -0.2) is 15.3 Å². The molecular formula is C25H28O3. The van der Waals surface area contributed by atoms with Gasteiger partial charge in [0.25, 0.3) is 0 Å². The zero-order chi connectivity index (χ0) is 20.5. The maximum atomic E-state index is 10.7. The Labute approximate surface area is 166 Å². The van der Waals surface area contributed by atoms with Crippen LogP contribution in [0.15, 0.2) is 54.6 Å². The van der Waals surface area contributed by atoms with Gasteiger partial charge in [0.15, 0.2) is 0 Å². The summed E-state index contributed by atoms with van der Waals surface area (Å²) >= 11 is 0. The molecule has 0 saturated carbocycles. The van der Waals surface area contributed by atoms with E-state index >= 15 is 0 Å². The van der Waals surface area contributed by atoms with Gasteiger partial charge < -0.3 is 15.3 Å². The van der Waals surface area contributed by atoms with Crippen LogP contribution in [0, 0.1) is 13.8 Å². The zero-order valence-electron chi connectivity index (χ0n) is 17.0. The average Bonchev–Trinajstić information content (AvgIpc) is 2.66. The number of phenolic OH excluding ortho intramolecular Hbond substituents is 3. The van der Waals surface area contributed by atoms with E-state index in [1.165, 1.54) is 0 Å². The van der Waals surface area contributed by atoms with Gasteiger partial charge in [-0.1, -0.05) is 56.3 Å². The Balaban J connectivity index is 1.86. The van der Waals surface area contributed by atoms with Crippen molar-refractivity contribution in [2.24, 2.45) is 0 Å². The molecule has 0 fully saturated rings. The number of rotatable bonds is 5. The highest BCUT2D eigenvalue weighted by molar-refractivity contribution is 5.73. The van der Waals surface area contributed by atoms with Gasteiger partial charge in [-0.3, -0.25) is 0 Å². The van der Waals surface area contributed by atoms with Crippen LogP contribution >= 0.6 is 0 Å². The van der Waals surface area contributed by atoms with Crippen molar-refractivity contribution in [3.8, 4) is 28.4 Å². The normalized spacial score (nSPS) is 11.6. The maximum absolute atomic E-state index is 10.7. The predicted molar refractivity (Wildman–Crippen MR) is 114 cm³/mol. The fraction of sp³-hybridized carbons (Fsp3) is 0.280. The van der Waals surface area contributed by atoms with Gasteiger partial charge in [0.1, 0.15) is 17.2 Å². The standard InChI is InChI=1S/C25H28O3/c1-16-12-18(13-17(2)24(16)28)10-11-25(3,4)21-15-22(26)20(14-23(21)27)19-8-6-5-7-9-19/h5-9,12-15,26-28H,10-11H2,1-4H3. The molecule has 0 amide bonds. The Bertz CT molecular complexity index is 965. The number of hydrogen-bond donors (Lipinski definition) is 3. The molecule has 0 aliphatic heterocycles. The van der Waals surface area contributed by atoms with Crippen LogP contribution in [0.25, 0.3) is 11.1 Å². The molecule has 146 valence electrons. The lowest BCUT2D eigenvalue weighted by atomic mass is 9.78. The van der Waals surface area contributed by atoms with E-state index in [9.17, 15) is 15.3 Å². The largest absolute Gasteiger partial charge is 0.508 e. The molecule has 3 aromatic rings. The summed E-state index contributed by atoms with van der Waals surface area (Å²) < 4.78 is 0.